The summed E-state index contributed by atoms with van der Waals surface area (Å²) in [4.78, 5) is 29.3. The van der Waals surface area contributed by atoms with Crippen molar-refractivity contribution < 1.29 is 14.7 Å². The van der Waals surface area contributed by atoms with Gasteiger partial charge in [0.25, 0.3) is 0 Å². The Hall–Kier alpha value is -1.88. The average molecular weight is 405 g/mol. The van der Waals surface area contributed by atoms with Crippen LogP contribution in [0.25, 0.3) is 0 Å². The van der Waals surface area contributed by atoms with Gasteiger partial charge in [-0.05, 0) is 36.5 Å². The van der Waals surface area contributed by atoms with E-state index in [2.05, 4.69) is 10.3 Å². The number of Topliss-reactive ketones (excluding diaryl/α,β-unsaturated/α-hetero) is 1. The van der Waals surface area contributed by atoms with Crippen LogP contribution in [0.4, 0.5) is 4.79 Å². The molecule has 152 valence electrons. The normalized spacial score (nSPS) is 23.6. The molecule has 5 nitrogen and oxygen atoms in total. The Bertz CT molecular complexity index is 754. The summed E-state index contributed by atoms with van der Waals surface area (Å²) < 4.78 is 0. The van der Waals surface area contributed by atoms with Crippen LogP contribution >= 0.6 is 11.6 Å². The number of ketones is 1. The van der Waals surface area contributed by atoms with Crippen LogP contribution in [0.2, 0.25) is 5.02 Å². The Balaban J connectivity index is 1.83. The fourth-order valence-electron chi connectivity index (χ4n) is 4.44. The number of aromatic hydroxyl groups is 1. The number of aliphatic imine (C=N–C) groups is 1. The van der Waals surface area contributed by atoms with E-state index in [-0.39, 0.29) is 16.6 Å². The van der Waals surface area contributed by atoms with E-state index in [1.807, 2.05) is 6.92 Å². The molecule has 1 fully saturated rings. The second kappa shape index (κ2) is 9.55. The number of carbonyl (C=O) groups excluding carboxylic acids is 2. The second-order valence-electron chi connectivity index (χ2n) is 7.93. The maximum absolute atomic E-state index is 12.8. The van der Waals surface area contributed by atoms with Crippen molar-refractivity contribution in [2.75, 3.05) is 0 Å². The lowest BCUT2D eigenvalue weighted by molar-refractivity contribution is -0.121. The van der Waals surface area contributed by atoms with Crippen LogP contribution in [-0.2, 0) is 4.79 Å². The number of urea groups is 1. The zero-order valence-corrected chi connectivity index (χ0v) is 17.2. The van der Waals surface area contributed by atoms with Crippen molar-refractivity contribution in [3.8, 4) is 5.75 Å². The Morgan fingerprint density at radius 2 is 1.96 bits per heavy atom. The summed E-state index contributed by atoms with van der Waals surface area (Å²) in [6, 6.07) is 3.90. The molecular weight excluding hydrogens is 376 g/mol. The molecule has 0 radical (unpaired) electrons. The van der Waals surface area contributed by atoms with Crippen molar-refractivity contribution in [2.45, 2.75) is 70.8 Å². The minimum absolute atomic E-state index is 0.0202. The molecule has 1 aliphatic heterocycles. The summed E-state index contributed by atoms with van der Waals surface area (Å²) in [5.41, 5.74) is 1.40. The van der Waals surface area contributed by atoms with Gasteiger partial charge in [0.1, 0.15) is 11.5 Å². The van der Waals surface area contributed by atoms with E-state index in [4.69, 9.17) is 11.6 Å². The Labute approximate surface area is 171 Å². The van der Waals surface area contributed by atoms with Gasteiger partial charge in [0, 0.05) is 12.1 Å². The van der Waals surface area contributed by atoms with Gasteiger partial charge in [0.2, 0.25) is 0 Å². The second-order valence-corrected chi connectivity index (χ2v) is 8.34. The quantitative estimate of drug-likeness (QED) is 0.606. The van der Waals surface area contributed by atoms with Gasteiger partial charge in [-0.1, -0.05) is 63.1 Å². The third-order valence-corrected chi connectivity index (χ3v) is 6.33. The van der Waals surface area contributed by atoms with E-state index in [0.717, 1.165) is 6.42 Å². The summed E-state index contributed by atoms with van der Waals surface area (Å²) in [7, 11) is 0. The summed E-state index contributed by atoms with van der Waals surface area (Å²) in [5.74, 6) is 0.213. The fraction of sp³-hybridized carbons (Fsp3) is 0.591. The zero-order valence-electron chi connectivity index (χ0n) is 16.4. The SMILES string of the molecule is CCC(=O)C1C(CCC2CCCCCC2)=NC(=O)NC1c1ccc(O)c(Cl)c1. The number of phenolic OH excluding ortho intramolecular Hbond substituents is 1. The van der Waals surface area contributed by atoms with Gasteiger partial charge >= 0.3 is 6.03 Å². The van der Waals surface area contributed by atoms with Crippen LogP contribution in [-0.4, -0.2) is 22.6 Å². The highest BCUT2D eigenvalue weighted by Crippen LogP contribution is 2.35. The van der Waals surface area contributed by atoms with Crippen LogP contribution < -0.4 is 5.32 Å². The number of rotatable bonds is 6. The molecule has 1 aromatic rings. The van der Waals surface area contributed by atoms with Crippen LogP contribution in [0, 0.1) is 11.8 Å². The number of nitrogens with zero attached hydrogens (tertiary/aromatic N) is 1. The molecule has 1 aliphatic carbocycles. The van der Waals surface area contributed by atoms with E-state index in [9.17, 15) is 14.7 Å². The smallest absolute Gasteiger partial charge is 0.341 e. The molecular formula is C22H29ClN2O3. The number of amides is 2. The predicted molar refractivity (Wildman–Crippen MR) is 111 cm³/mol. The number of carbonyl (C=O) groups is 2. The first-order valence-corrected chi connectivity index (χ1v) is 10.8. The van der Waals surface area contributed by atoms with Gasteiger partial charge in [0.05, 0.1) is 17.0 Å². The molecule has 1 aromatic carbocycles. The van der Waals surface area contributed by atoms with E-state index in [1.54, 1.807) is 12.1 Å². The number of hydrogen-bond donors (Lipinski definition) is 2. The third-order valence-electron chi connectivity index (χ3n) is 6.03. The summed E-state index contributed by atoms with van der Waals surface area (Å²) >= 11 is 6.07. The molecule has 0 saturated heterocycles. The van der Waals surface area contributed by atoms with Crippen molar-refractivity contribution in [3.05, 3.63) is 28.8 Å². The van der Waals surface area contributed by atoms with Crippen molar-refractivity contribution in [1.82, 2.24) is 5.32 Å². The molecule has 2 aliphatic rings. The minimum Gasteiger partial charge on any atom is -0.506 e. The highest BCUT2D eigenvalue weighted by molar-refractivity contribution is 6.32. The molecule has 2 N–H and O–H groups in total. The summed E-state index contributed by atoms with van der Waals surface area (Å²) in [6.07, 6.45) is 9.63. The molecule has 28 heavy (non-hydrogen) atoms. The number of hydrogen-bond acceptors (Lipinski definition) is 3. The number of benzene rings is 1. The maximum Gasteiger partial charge on any atom is 0.341 e. The van der Waals surface area contributed by atoms with E-state index in [0.29, 0.717) is 30.0 Å². The zero-order chi connectivity index (χ0) is 20.1. The number of nitrogens with one attached hydrogen (secondary N) is 1. The lowest BCUT2D eigenvalue weighted by Gasteiger charge is -2.32. The standard InChI is InChI=1S/C22H29ClN2O3/c1-2-18(26)20-17(11-9-14-7-5-3-4-6-8-14)24-22(28)25-21(20)15-10-12-19(27)16(23)13-15/h10,12-14,20-21,27H,2-9,11H2,1H3,(H,25,28). The monoisotopic (exact) mass is 404 g/mol. The van der Waals surface area contributed by atoms with Gasteiger partial charge in [-0.15, -0.1) is 0 Å². The lowest BCUT2D eigenvalue weighted by Crippen LogP contribution is -2.44. The minimum atomic E-state index is -0.500. The molecule has 6 heteroatoms. The number of halogens is 1. The Morgan fingerprint density at radius 3 is 2.61 bits per heavy atom. The van der Waals surface area contributed by atoms with Gasteiger partial charge in [-0.3, -0.25) is 4.79 Å². The van der Waals surface area contributed by atoms with Crippen molar-refractivity contribution >= 4 is 29.1 Å². The van der Waals surface area contributed by atoms with Crippen LogP contribution in [0.15, 0.2) is 23.2 Å². The predicted octanol–water partition coefficient (Wildman–Crippen LogP) is 5.60. The topological polar surface area (TPSA) is 78.8 Å². The van der Waals surface area contributed by atoms with Crippen LogP contribution in [0.5, 0.6) is 5.75 Å². The Morgan fingerprint density at radius 1 is 1.25 bits per heavy atom. The van der Waals surface area contributed by atoms with Crippen molar-refractivity contribution in [3.63, 3.8) is 0 Å². The molecule has 0 spiro atoms. The van der Waals surface area contributed by atoms with Crippen LogP contribution in [0.3, 0.4) is 0 Å². The fourth-order valence-corrected chi connectivity index (χ4v) is 4.63. The van der Waals surface area contributed by atoms with Gasteiger partial charge in [0.15, 0.2) is 0 Å². The maximum atomic E-state index is 12.8. The largest absolute Gasteiger partial charge is 0.506 e. The molecule has 2 unspecified atom stereocenters. The van der Waals surface area contributed by atoms with Crippen LogP contribution in [0.1, 0.15) is 76.3 Å². The molecule has 3 rings (SSSR count). The first kappa shape index (κ1) is 20.8. The summed E-state index contributed by atoms with van der Waals surface area (Å²) in [5, 5.41) is 12.7. The lowest BCUT2D eigenvalue weighted by atomic mass is 9.80. The van der Waals surface area contributed by atoms with Gasteiger partial charge in [-0.25, -0.2) is 9.79 Å². The first-order valence-electron chi connectivity index (χ1n) is 10.4. The molecule has 2 atom stereocenters. The van der Waals surface area contributed by atoms with Crippen molar-refractivity contribution in [2.24, 2.45) is 16.8 Å². The van der Waals surface area contributed by atoms with Gasteiger partial charge < -0.3 is 10.4 Å². The van der Waals surface area contributed by atoms with E-state index < -0.39 is 18.0 Å². The summed E-state index contributed by atoms with van der Waals surface area (Å²) in [6.45, 7) is 1.84. The third kappa shape index (κ3) is 4.93. The van der Waals surface area contributed by atoms with E-state index >= 15 is 0 Å². The Kier molecular flexibility index (Phi) is 7.11. The average Bonchev–Trinajstić information content (AvgIpc) is 2.96. The molecule has 0 bridgehead atoms. The first-order chi connectivity index (χ1) is 13.5. The number of phenols is 1. The van der Waals surface area contributed by atoms with Crippen molar-refractivity contribution in [1.29, 1.82) is 0 Å². The van der Waals surface area contributed by atoms with E-state index in [1.165, 1.54) is 44.6 Å². The highest BCUT2D eigenvalue weighted by Gasteiger charge is 2.37. The van der Waals surface area contributed by atoms with Gasteiger partial charge in [-0.2, -0.15) is 0 Å². The highest BCUT2D eigenvalue weighted by atomic mass is 35.5. The molecule has 1 saturated carbocycles. The molecule has 1 heterocycles. The molecule has 2 amide bonds. The molecule has 0 aromatic heterocycles.